The summed E-state index contributed by atoms with van der Waals surface area (Å²) in [7, 11) is 2.00. The number of rotatable bonds is 7. The lowest BCUT2D eigenvalue weighted by atomic mass is 10.0. The minimum atomic E-state index is 0. The lowest BCUT2D eigenvalue weighted by Crippen LogP contribution is -2.53. The Labute approximate surface area is 220 Å². The summed E-state index contributed by atoms with van der Waals surface area (Å²) in [5.74, 6) is 2.76. The maximum atomic E-state index is 4.97. The molecular formula is C26H36IN7. The van der Waals surface area contributed by atoms with E-state index < -0.39 is 0 Å². The Morgan fingerprint density at radius 3 is 2.21 bits per heavy atom. The normalized spacial score (nSPS) is 15.6. The molecule has 0 aliphatic carbocycles. The Hall–Kier alpha value is -2.46. The molecule has 1 N–H and O–H groups in total. The monoisotopic (exact) mass is 573 g/mol. The Balaban J connectivity index is 0.00000324. The molecule has 2 heterocycles. The number of hydrogen-bond donors (Lipinski definition) is 1. The first-order valence-corrected chi connectivity index (χ1v) is 11.9. The van der Waals surface area contributed by atoms with Crippen molar-refractivity contribution in [2.75, 3.05) is 26.2 Å². The van der Waals surface area contributed by atoms with E-state index in [2.05, 4.69) is 86.8 Å². The van der Waals surface area contributed by atoms with Crippen LogP contribution in [0.2, 0.25) is 0 Å². The first-order valence-electron chi connectivity index (χ1n) is 11.9. The third-order valence-electron chi connectivity index (χ3n) is 6.47. The molecule has 3 aromatic rings. The fourth-order valence-electron chi connectivity index (χ4n) is 4.41. The Morgan fingerprint density at radius 2 is 1.62 bits per heavy atom. The highest BCUT2D eigenvalue weighted by atomic mass is 127. The standard InChI is InChI=1S/C26H35N7.HI/c1-4-24(23-13-9-6-10-14-23)32-15-17-33(18-16-32)26(27-19-22-11-7-5-8-12-22)28-20-25-30-29-21(2)31(25)3;/h5-14,24H,4,15-20H2,1-3H3,(H,27,28);1H. The molecule has 1 saturated heterocycles. The van der Waals surface area contributed by atoms with Crippen molar-refractivity contribution in [3.05, 3.63) is 83.4 Å². The molecule has 182 valence electrons. The number of aromatic nitrogens is 3. The second kappa shape index (κ2) is 12.9. The molecule has 1 aliphatic rings. The van der Waals surface area contributed by atoms with Crippen molar-refractivity contribution in [3.63, 3.8) is 0 Å². The van der Waals surface area contributed by atoms with Crippen LogP contribution in [0, 0.1) is 6.92 Å². The number of aliphatic imine (C=N–C) groups is 1. The molecule has 7 nitrogen and oxygen atoms in total. The molecule has 34 heavy (non-hydrogen) atoms. The second-order valence-corrected chi connectivity index (χ2v) is 8.56. The molecule has 0 saturated carbocycles. The molecule has 4 rings (SSSR count). The number of nitrogens with one attached hydrogen (secondary N) is 1. The average Bonchev–Trinajstić information content (AvgIpc) is 3.19. The number of halogens is 1. The van der Waals surface area contributed by atoms with E-state index >= 15 is 0 Å². The third-order valence-corrected chi connectivity index (χ3v) is 6.47. The van der Waals surface area contributed by atoms with Crippen molar-refractivity contribution < 1.29 is 0 Å². The number of guanidine groups is 1. The topological polar surface area (TPSA) is 61.6 Å². The van der Waals surface area contributed by atoms with Gasteiger partial charge < -0.3 is 14.8 Å². The minimum Gasteiger partial charge on any atom is -0.349 e. The number of piperazine rings is 1. The van der Waals surface area contributed by atoms with Gasteiger partial charge in [-0.25, -0.2) is 4.99 Å². The predicted molar refractivity (Wildman–Crippen MR) is 148 cm³/mol. The number of nitrogens with zero attached hydrogens (tertiary/aromatic N) is 6. The molecule has 2 aromatic carbocycles. The highest BCUT2D eigenvalue weighted by Gasteiger charge is 2.25. The minimum absolute atomic E-state index is 0. The van der Waals surface area contributed by atoms with E-state index in [1.807, 2.05) is 24.6 Å². The van der Waals surface area contributed by atoms with Gasteiger partial charge in [0.05, 0.1) is 13.1 Å². The molecular weight excluding hydrogens is 537 g/mol. The highest BCUT2D eigenvalue weighted by molar-refractivity contribution is 14.0. The van der Waals surface area contributed by atoms with Gasteiger partial charge in [-0.2, -0.15) is 0 Å². The molecule has 0 radical (unpaired) electrons. The maximum Gasteiger partial charge on any atom is 0.194 e. The Bertz CT molecular complexity index is 1030. The lowest BCUT2D eigenvalue weighted by Gasteiger charge is -2.40. The smallest absolute Gasteiger partial charge is 0.194 e. The molecule has 0 spiro atoms. The van der Waals surface area contributed by atoms with Crippen LogP contribution in [-0.4, -0.2) is 56.7 Å². The van der Waals surface area contributed by atoms with Gasteiger partial charge in [0.25, 0.3) is 0 Å². The van der Waals surface area contributed by atoms with Crippen LogP contribution in [0.3, 0.4) is 0 Å². The Morgan fingerprint density at radius 1 is 0.971 bits per heavy atom. The number of hydrogen-bond acceptors (Lipinski definition) is 4. The van der Waals surface area contributed by atoms with Crippen LogP contribution in [0.5, 0.6) is 0 Å². The molecule has 0 amide bonds. The molecule has 1 aliphatic heterocycles. The second-order valence-electron chi connectivity index (χ2n) is 8.56. The zero-order valence-electron chi connectivity index (χ0n) is 20.4. The third kappa shape index (κ3) is 6.56. The van der Waals surface area contributed by atoms with E-state index in [0.717, 1.165) is 50.2 Å². The molecule has 0 bridgehead atoms. The van der Waals surface area contributed by atoms with Gasteiger partial charge in [-0.05, 0) is 24.5 Å². The van der Waals surface area contributed by atoms with Crippen LogP contribution >= 0.6 is 24.0 Å². The van der Waals surface area contributed by atoms with Gasteiger partial charge >= 0.3 is 0 Å². The van der Waals surface area contributed by atoms with Crippen molar-refractivity contribution in [3.8, 4) is 0 Å². The largest absolute Gasteiger partial charge is 0.349 e. The number of benzene rings is 2. The van der Waals surface area contributed by atoms with Crippen molar-refractivity contribution >= 4 is 29.9 Å². The molecule has 8 heteroatoms. The van der Waals surface area contributed by atoms with Gasteiger partial charge in [0.2, 0.25) is 0 Å². The summed E-state index contributed by atoms with van der Waals surface area (Å²) in [6, 6.07) is 21.7. The van der Waals surface area contributed by atoms with E-state index in [1.54, 1.807) is 0 Å². The summed E-state index contributed by atoms with van der Waals surface area (Å²) < 4.78 is 2.02. The van der Waals surface area contributed by atoms with E-state index in [0.29, 0.717) is 19.1 Å². The van der Waals surface area contributed by atoms with Crippen LogP contribution in [0.1, 0.15) is 42.2 Å². The average molecular weight is 574 g/mol. The summed E-state index contributed by atoms with van der Waals surface area (Å²) in [6.45, 7) is 9.43. The lowest BCUT2D eigenvalue weighted by molar-refractivity contribution is 0.126. The summed E-state index contributed by atoms with van der Waals surface area (Å²) in [4.78, 5) is 9.95. The van der Waals surface area contributed by atoms with Gasteiger partial charge in [-0.1, -0.05) is 67.6 Å². The van der Waals surface area contributed by atoms with Crippen LogP contribution in [-0.2, 0) is 20.1 Å². The van der Waals surface area contributed by atoms with Crippen molar-refractivity contribution in [2.24, 2.45) is 12.0 Å². The summed E-state index contributed by atoms with van der Waals surface area (Å²) in [5, 5.41) is 12.0. The Kier molecular flexibility index (Phi) is 9.88. The van der Waals surface area contributed by atoms with Crippen molar-refractivity contribution in [2.45, 2.75) is 39.4 Å². The zero-order chi connectivity index (χ0) is 23.0. The van der Waals surface area contributed by atoms with Crippen molar-refractivity contribution in [1.29, 1.82) is 0 Å². The fraction of sp³-hybridized carbons (Fsp3) is 0.423. The molecule has 1 fully saturated rings. The van der Waals surface area contributed by atoms with Gasteiger partial charge in [-0.15, -0.1) is 34.2 Å². The van der Waals surface area contributed by atoms with Gasteiger partial charge in [0.15, 0.2) is 11.8 Å². The summed E-state index contributed by atoms with van der Waals surface area (Å²) in [6.07, 6.45) is 1.11. The zero-order valence-corrected chi connectivity index (χ0v) is 22.7. The van der Waals surface area contributed by atoms with E-state index in [1.165, 1.54) is 11.1 Å². The van der Waals surface area contributed by atoms with Crippen LogP contribution in [0.25, 0.3) is 0 Å². The van der Waals surface area contributed by atoms with Crippen LogP contribution in [0.15, 0.2) is 65.7 Å². The summed E-state index contributed by atoms with van der Waals surface area (Å²) >= 11 is 0. The summed E-state index contributed by atoms with van der Waals surface area (Å²) in [5.41, 5.74) is 2.61. The fourth-order valence-corrected chi connectivity index (χ4v) is 4.41. The van der Waals surface area contributed by atoms with E-state index in [-0.39, 0.29) is 24.0 Å². The molecule has 1 aromatic heterocycles. The van der Waals surface area contributed by atoms with Gasteiger partial charge in [-0.3, -0.25) is 4.90 Å². The van der Waals surface area contributed by atoms with Crippen molar-refractivity contribution in [1.82, 2.24) is 29.9 Å². The predicted octanol–water partition coefficient (Wildman–Crippen LogP) is 4.16. The molecule has 1 unspecified atom stereocenters. The van der Waals surface area contributed by atoms with Crippen LogP contribution < -0.4 is 5.32 Å². The van der Waals surface area contributed by atoms with Crippen LogP contribution in [0.4, 0.5) is 0 Å². The highest BCUT2D eigenvalue weighted by Crippen LogP contribution is 2.25. The SMILES string of the molecule is CCC(c1ccccc1)N1CCN(C(=NCc2ccccc2)NCc2nnc(C)n2C)CC1.I. The van der Waals surface area contributed by atoms with Gasteiger partial charge in [0.1, 0.15) is 5.82 Å². The number of aryl methyl sites for hydroxylation is 1. The van der Waals surface area contributed by atoms with E-state index in [4.69, 9.17) is 4.99 Å². The van der Waals surface area contributed by atoms with E-state index in [9.17, 15) is 0 Å². The first-order chi connectivity index (χ1) is 16.2. The first kappa shape index (κ1) is 26.2. The molecule has 1 atom stereocenters. The van der Waals surface area contributed by atoms with Gasteiger partial charge in [0, 0.05) is 39.3 Å². The quantitative estimate of drug-likeness (QED) is 0.262. The maximum absolute atomic E-state index is 4.97.